The van der Waals surface area contributed by atoms with Gasteiger partial charge in [-0.05, 0) is 38.1 Å². The van der Waals surface area contributed by atoms with Crippen LogP contribution in [-0.2, 0) is 11.3 Å². The Morgan fingerprint density at radius 3 is 2.77 bits per heavy atom. The van der Waals surface area contributed by atoms with Crippen LogP contribution >= 0.6 is 11.8 Å². The molecule has 0 aliphatic rings. The maximum Gasteiger partial charge on any atom is 0.237 e. The van der Waals surface area contributed by atoms with Gasteiger partial charge in [0.25, 0.3) is 0 Å². The lowest BCUT2D eigenvalue weighted by Crippen LogP contribution is -2.23. The number of rotatable bonds is 6. The topological polar surface area (TPSA) is 73.0 Å². The van der Waals surface area contributed by atoms with Crippen molar-refractivity contribution >= 4 is 23.4 Å². The van der Waals surface area contributed by atoms with Crippen LogP contribution in [0.1, 0.15) is 13.8 Å². The standard InChI is InChI=1S/C17H16F2N4O2S/c1-3-23-15(14-5-4-8-25-14)21-22-17(23)26-10(2)16(24)20-11-6-7-12(18)13(19)9-11/h4-10H,3H2,1-2H3,(H,20,24). The van der Waals surface area contributed by atoms with Crippen molar-refractivity contribution in [2.45, 2.75) is 30.8 Å². The van der Waals surface area contributed by atoms with Crippen LogP contribution in [0.4, 0.5) is 14.5 Å². The summed E-state index contributed by atoms with van der Waals surface area (Å²) >= 11 is 1.22. The minimum absolute atomic E-state index is 0.189. The van der Waals surface area contributed by atoms with Crippen molar-refractivity contribution in [3.05, 3.63) is 48.2 Å². The number of benzene rings is 1. The Morgan fingerprint density at radius 1 is 1.31 bits per heavy atom. The SMILES string of the molecule is CCn1c(SC(C)C(=O)Nc2ccc(F)c(F)c2)nnc1-c1ccco1. The molecule has 3 rings (SSSR count). The van der Waals surface area contributed by atoms with E-state index in [9.17, 15) is 13.6 Å². The molecule has 0 saturated carbocycles. The molecule has 1 unspecified atom stereocenters. The fourth-order valence-electron chi connectivity index (χ4n) is 2.28. The Morgan fingerprint density at radius 2 is 2.12 bits per heavy atom. The van der Waals surface area contributed by atoms with Gasteiger partial charge in [0.15, 0.2) is 28.4 Å². The molecule has 2 heterocycles. The van der Waals surface area contributed by atoms with Crippen molar-refractivity contribution in [3.8, 4) is 11.6 Å². The number of nitrogens with zero attached hydrogens (tertiary/aromatic N) is 3. The molecule has 2 aromatic heterocycles. The Bertz CT molecular complexity index is 912. The lowest BCUT2D eigenvalue weighted by Gasteiger charge is -2.12. The summed E-state index contributed by atoms with van der Waals surface area (Å²) in [6.45, 7) is 4.23. The molecule has 0 bridgehead atoms. The number of furan rings is 1. The Labute approximate surface area is 152 Å². The quantitative estimate of drug-likeness (QED) is 0.658. The predicted molar refractivity (Wildman–Crippen MR) is 93.7 cm³/mol. The first-order valence-electron chi connectivity index (χ1n) is 7.89. The molecule has 0 fully saturated rings. The summed E-state index contributed by atoms with van der Waals surface area (Å²) in [7, 11) is 0. The van der Waals surface area contributed by atoms with Crippen LogP contribution in [0.15, 0.2) is 46.2 Å². The van der Waals surface area contributed by atoms with Gasteiger partial charge in [0.05, 0.1) is 11.5 Å². The van der Waals surface area contributed by atoms with E-state index in [2.05, 4.69) is 15.5 Å². The smallest absolute Gasteiger partial charge is 0.237 e. The third-order valence-electron chi connectivity index (χ3n) is 3.61. The summed E-state index contributed by atoms with van der Waals surface area (Å²) in [6, 6.07) is 6.75. The van der Waals surface area contributed by atoms with Gasteiger partial charge in [-0.25, -0.2) is 8.78 Å². The predicted octanol–water partition coefficient (Wildman–Crippen LogP) is 3.96. The van der Waals surface area contributed by atoms with Crippen LogP contribution in [0.5, 0.6) is 0 Å². The van der Waals surface area contributed by atoms with Gasteiger partial charge >= 0.3 is 0 Å². The fraction of sp³-hybridized carbons (Fsp3) is 0.235. The van der Waals surface area contributed by atoms with Crippen LogP contribution in [0, 0.1) is 11.6 Å². The number of nitrogens with one attached hydrogen (secondary N) is 1. The van der Waals surface area contributed by atoms with E-state index in [1.807, 2.05) is 11.5 Å². The van der Waals surface area contributed by atoms with E-state index >= 15 is 0 Å². The highest BCUT2D eigenvalue weighted by molar-refractivity contribution is 8.00. The van der Waals surface area contributed by atoms with Gasteiger partial charge in [-0.2, -0.15) is 0 Å². The van der Waals surface area contributed by atoms with Crippen molar-refractivity contribution in [2.75, 3.05) is 5.32 Å². The number of carbonyl (C=O) groups is 1. The van der Waals surface area contributed by atoms with Gasteiger partial charge in [-0.1, -0.05) is 11.8 Å². The first kappa shape index (κ1) is 18.1. The number of amides is 1. The zero-order chi connectivity index (χ0) is 18.7. The summed E-state index contributed by atoms with van der Waals surface area (Å²) in [6.07, 6.45) is 1.55. The average molecular weight is 378 g/mol. The lowest BCUT2D eigenvalue weighted by molar-refractivity contribution is -0.115. The van der Waals surface area contributed by atoms with E-state index < -0.39 is 16.9 Å². The molecule has 0 aliphatic carbocycles. The third-order valence-corrected chi connectivity index (χ3v) is 4.69. The molecule has 136 valence electrons. The van der Waals surface area contributed by atoms with E-state index in [0.717, 1.165) is 12.1 Å². The fourth-order valence-corrected chi connectivity index (χ4v) is 3.19. The highest BCUT2D eigenvalue weighted by Gasteiger charge is 2.21. The van der Waals surface area contributed by atoms with E-state index in [-0.39, 0.29) is 11.6 Å². The van der Waals surface area contributed by atoms with E-state index in [4.69, 9.17) is 4.42 Å². The molecular formula is C17H16F2N4O2S. The van der Waals surface area contributed by atoms with Crippen LogP contribution < -0.4 is 5.32 Å². The minimum Gasteiger partial charge on any atom is -0.461 e. The molecule has 0 saturated heterocycles. The number of halogens is 2. The monoisotopic (exact) mass is 378 g/mol. The van der Waals surface area contributed by atoms with Crippen molar-refractivity contribution in [2.24, 2.45) is 0 Å². The Hall–Kier alpha value is -2.68. The average Bonchev–Trinajstić information content (AvgIpc) is 3.27. The molecule has 0 aliphatic heterocycles. The molecule has 6 nitrogen and oxygen atoms in total. The molecule has 3 aromatic rings. The maximum absolute atomic E-state index is 13.3. The van der Waals surface area contributed by atoms with Gasteiger partial charge in [0.1, 0.15) is 0 Å². The summed E-state index contributed by atoms with van der Waals surface area (Å²) in [5, 5.41) is 10.8. The first-order valence-corrected chi connectivity index (χ1v) is 8.77. The van der Waals surface area contributed by atoms with Gasteiger partial charge in [0, 0.05) is 18.3 Å². The summed E-state index contributed by atoms with van der Waals surface area (Å²) in [4.78, 5) is 12.3. The van der Waals surface area contributed by atoms with Crippen molar-refractivity contribution in [1.29, 1.82) is 0 Å². The van der Waals surface area contributed by atoms with Crippen LogP contribution in [-0.4, -0.2) is 25.9 Å². The van der Waals surface area contributed by atoms with Crippen molar-refractivity contribution in [3.63, 3.8) is 0 Å². The highest BCUT2D eigenvalue weighted by atomic mass is 32.2. The second kappa shape index (κ2) is 7.69. The second-order valence-electron chi connectivity index (χ2n) is 5.41. The molecular weight excluding hydrogens is 362 g/mol. The summed E-state index contributed by atoms with van der Waals surface area (Å²) in [5.41, 5.74) is 0.189. The number of aromatic nitrogens is 3. The zero-order valence-corrected chi connectivity index (χ0v) is 14.9. The number of anilines is 1. The van der Waals surface area contributed by atoms with Crippen LogP contribution in [0.3, 0.4) is 0 Å². The number of thioether (sulfide) groups is 1. The number of hydrogen-bond donors (Lipinski definition) is 1. The van der Waals surface area contributed by atoms with Crippen molar-refractivity contribution in [1.82, 2.24) is 14.8 Å². The molecule has 1 amide bonds. The number of carbonyl (C=O) groups excluding carboxylic acids is 1. The first-order chi connectivity index (χ1) is 12.5. The molecule has 0 radical (unpaired) electrons. The Balaban J connectivity index is 1.72. The van der Waals surface area contributed by atoms with Crippen LogP contribution in [0.25, 0.3) is 11.6 Å². The van der Waals surface area contributed by atoms with Gasteiger partial charge in [0.2, 0.25) is 5.91 Å². The second-order valence-corrected chi connectivity index (χ2v) is 6.71. The zero-order valence-electron chi connectivity index (χ0n) is 14.1. The Kier molecular flexibility index (Phi) is 5.36. The normalized spacial score (nSPS) is 12.2. The van der Waals surface area contributed by atoms with Crippen LogP contribution in [0.2, 0.25) is 0 Å². The molecule has 1 atom stereocenters. The van der Waals surface area contributed by atoms with Gasteiger partial charge in [-0.15, -0.1) is 10.2 Å². The van der Waals surface area contributed by atoms with Gasteiger partial charge in [-0.3, -0.25) is 9.36 Å². The maximum atomic E-state index is 13.3. The molecule has 1 N–H and O–H groups in total. The third kappa shape index (κ3) is 3.77. The lowest BCUT2D eigenvalue weighted by atomic mass is 10.3. The van der Waals surface area contributed by atoms with E-state index in [0.29, 0.717) is 23.3 Å². The van der Waals surface area contributed by atoms with Gasteiger partial charge < -0.3 is 9.73 Å². The molecule has 0 spiro atoms. The molecule has 9 heteroatoms. The van der Waals surface area contributed by atoms with Crippen molar-refractivity contribution < 1.29 is 18.0 Å². The summed E-state index contributed by atoms with van der Waals surface area (Å²) < 4.78 is 33.4. The molecule has 1 aromatic carbocycles. The van der Waals surface area contributed by atoms with E-state index in [1.54, 1.807) is 25.3 Å². The highest BCUT2D eigenvalue weighted by Crippen LogP contribution is 2.27. The molecule has 26 heavy (non-hydrogen) atoms. The van der Waals surface area contributed by atoms with E-state index in [1.165, 1.54) is 17.8 Å². The number of hydrogen-bond acceptors (Lipinski definition) is 5. The summed E-state index contributed by atoms with van der Waals surface area (Å²) in [5.74, 6) is -1.17. The minimum atomic E-state index is -1.02. The largest absolute Gasteiger partial charge is 0.461 e.